The lowest BCUT2D eigenvalue weighted by atomic mass is 10.1. The molecule has 0 aromatic rings. The molecule has 0 aromatic carbocycles. The van der Waals surface area contributed by atoms with Crippen molar-refractivity contribution < 1.29 is 0 Å². The lowest BCUT2D eigenvalue weighted by molar-refractivity contribution is 0.477. The molecule has 1 aliphatic heterocycles. The van der Waals surface area contributed by atoms with E-state index in [1.54, 1.807) is 0 Å². The van der Waals surface area contributed by atoms with Crippen LogP contribution >= 0.6 is 0 Å². The highest BCUT2D eigenvalue weighted by Crippen LogP contribution is 2.44. The van der Waals surface area contributed by atoms with E-state index in [9.17, 15) is 0 Å². The first-order chi connectivity index (χ1) is 9.61. The highest BCUT2D eigenvalue weighted by molar-refractivity contribution is 5.98. The number of nitrogens with one attached hydrogen (secondary N) is 1. The molecule has 0 spiro atoms. The smallest absolute Gasteiger partial charge is 0.127 e. The quantitative estimate of drug-likeness (QED) is 0.573. The van der Waals surface area contributed by atoms with Crippen LogP contribution in [0, 0.1) is 11.3 Å². The average Bonchev–Trinajstić information content (AvgIpc) is 3.01. The zero-order valence-electron chi connectivity index (χ0n) is 13.3. The van der Waals surface area contributed by atoms with Gasteiger partial charge in [-0.3, -0.25) is 4.99 Å². The summed E-state index contributed by atoms with van der Waals surface area (Å²) < 4.78 is 0. The molecule has 2 fully saturated rings. The fourth-order valence-corrected chi connectivity index (χ4v) is 2.90. The van der Waals surface area contributed by atoms with E-state index in [4.69, 9.17) is 5.73 Å². The number of nitrogens with two attached hydrogens (primary N) is 1. The molecule has 114 valence electrons. The summed E-state index contributed by atoms with van der Waals surface area (Å²) in [4.78, 5) is 6.93. The third-order valence-corrected chi connectivity index (χ3v) is 4.74. The minimum Gasteiger partial charge on any atom is -0.356 e. The SMILES string of the molecule is C/C=C(/CNCC1(C)CC1)C(=NC)N1CCC(CN)C1. The van der Waals surface area contributed by atoms with Crippen LogP contribution < -0.4 is 11.1 Å². The summed E-state index contributed by atoms with van der Waals surface area (Å²) in [7, 11) is 1.90. The number of amidine groups is 1. The molecule has 3 N–H and O–H groups in total. The van der Waals surface area contributed by atoms with Crippen LogP contribution in [0.4, 0.5) is 0 Å². The van der Waals surface area contributed by atoms with Crippen molar-refractivity contribution in [2.75, 3.05) is 39.8 Å². The Bertz CT molecular complexity index is 382. The Hall–Kier alpha value is -0.870. The Kier molecular flexibility index (Phi) is 5.22. The summed E-state index contributed by atoms with van der Waals surface area (Å²) in [5.74, 6) is 1.78. The van der Waals surface area contributed by atoms with Crippen LogP contribution in [0.1, 0.15) is 33.1 Å². The van der Waals surface area contributed by atoms with Crippen LogP contribution in [-0.4, -0.2) is 50.5 Å². The molecule has 2 aliphatic rings. The van der Waals surface area contributed by atoms with E-state index in [0.717, 1.165) is 38.6 Å². The van der Waals surface area contributed by atoms with Gasteiger partial charge in [-0.15, -0.1) is 0 Å². The van der Waals surface area contributed by atoms with Gasteiger partial charge in [0.25, 0.3) is 0 Å². The Morgan fingerprint density at radius 3 is 2.75 bits per heavy atom. The van der Waals surface area contributed by atoms with Crippen molar-refractivity contribution >= 4 is 5.84 Å². The van der Waals surface area contributed by atoms with Crippen LogP contribution in [0.15, 0.2) is 16.6 Å². The van der Waals surface area contributed by atoms with E-state index in [-0.39, 0.29) is 0 Å². The van der Waals surface area contributed by atoms with Crippen LogP contribution in [0.3, 0.4) is 0 Å². The number of aliphatic imine (C=N–C) groups is 1. The number of hydrogen-bond donors (Lipinski definition) is 2. The predicted octanol–water partition coefficient (Wildman–Crippen LogP) is 1.63. The highest BCUT2D eigenvalue weighted by atomic mass is 15.2. The van der Waals surface area contributed by atoms with E-state index < -0.39 is 0 Å². The van der Waals surface area contributed by atoms with Crippen molar-refractivity contribution in [3.8, 4) is 0 Å². The maximum absolute atomic E-state index is 5.79. The van der Waals surface area contributed by atoms with Crippen molar-refractivity contribution in [3.05, 3.63) is 11.6 Å². The minimum absolute atomic E-state index is 0.556. The fraction of sp³-hybridized carbons (Fsp3) is 0.812. The lowest BCUT2D eigenvalue weighted by Gasteiger charge is -2.23. The Morgan fingerprint density at radius 2 is 2.25 bits per heavy atom. The summed E-state index contributed by atoms with van der Waals surface area (Å²) in [5, 5.41) is 3.60. The topological polar surface area (TPSA) is 53.7 Å². The zero-order chi connectivity index (χ0) is 14.6. The second-order valence-corrected chi connectivity index (χ2v) is 6.61. The standard InChI is InChI=1S/C16H30N4/c1-4-14(10-19-12-16(2)6-7-16)15(18-3)20-8-5-13(9-17)11-20/h4,13,19H,5-12,17H2,1-3H3/b14-4-,18-15?. The maximum Gasteiger partial charge on any atom is 0.127 e. The van der Waals surface area contributed by atoms with Crippen LogP contribution in [-0.2, 0) is 0 Å². The number of allylic oxidation sites excluding steroid dienone is 1. The molecule has 2 rings (SSSR count). The number of hydrogen-bond acceptors (Lipinski definition) is 3. The van der Waals surface area contributed by atoms with Gasteiger partial charge >= 0.3 is 0 Å². The summed E-state index contributed by atoms with van der Waals surface area (Å²) in [6, 6.07) is 0. The molecule has 1 saturated carbocycles. The molecule has 1 unspecified atom stereocenters. The first kappa shape index (κ1) is 15.5. The van der Waals surface area contributed by atoms with Gasteiger partial charge in [-0.05, 0) is 44.1 Å². The molecule has 1 saturated heterocycles. The summed E-state index contributed by atoms with van der Waals surface area (Å²) in [5.41, 5.74) is 7.66. The number of nitrogens with zero attached hydrogens (tertiary/aromatic N) is 2. The normalized spacial score (nSPS) is 26.2. The van der Waals surface area contributed by atoms with Crippen LogP contribution in [0.25, 0.3) is 0 Å². The molecule has 1 heterocycles. The van der Waals surface area contributed by atoms with Gasteiger partial charge in [-0.1, -0.05) is 13.0 Å². The Labute approximate surface area is 123 Å². The van der Waals surface area contributed by atoms with E-state index >= 15 is 0 Å². The molecule has 0 bridgehead atoms. The van der Waals surface area contributed by atoms with E-state index in [1.807, 2.05) is 7.05 Å². The molecule has 4 heteroatoms. The van der Waals surface area contributed by atoms with Crippen molar-refractivity contribution in [1.82, 2.24) is 10.2 Å². The predicted molar refractivity (Wildman–Crippen MR) is 86.1 cm³/mol. The molecular formula is C16H30N4. The molecule has 4 nitrogen and oxygen atoms in total. The molecule has 1 atom stereocenters. The van der Waals surface area contributed by atoms with Crippen LogP contribution in [0.2, 0.25) is 0 Å². The van der Waals surface area contributed by atoms with Gasteiger partial charge in [0, 0.05) is 38.8 Å². The molecule has 0 radical (unpaired) electrons. The van der Waals surface area contributed by atoms with Gasteiger partial charge in [0.1, 0.15) is 5.84 Å². The lowest BCUT2D eigenvalue weighted by Crippen LogP contribution is -2.35. The van der Waals surface area contributed by atoms with Crippen molar-refractivity contribution in [2.24, 2.45) is 22.1 Å². The number of rotatable bonds is 6. The van der Waals surface area contributed by atoms with Gasteiger partial charge in [-0.2, -0.15) is 0 Å². The van der Waals surface area contributed by atoms with Gasteiger partial charge in [-0.25, -0.2) is 0 Å². The largest absolute Gasteiger partial charge is 0.356 e. The summed E-state index contributed by atoms with van der Waals surface area (Å²) >= 11 is 0. The molecule has 20 heavy (non-hydrogen) atoms. The second kappa shape index (κ2) is 6.72. The fourth-order valence-electron chi connectivity index (χ4n) is 2.90. The number of likely N-dealkylation sites (tertiary alicyclic amines) is 1. The molecule has 0 aromatic heterocycles. The zero-order valence-corrected chi connectivity index (χ0v) is 13.3. The first-order valence-corrected chi connectivity index (χ1v) is 7.90. The first-order valence-electron chi connectivity index (χ1n) is 7.90. The third-order valence-electron chi connectivity index (χ3n) is 4.74. The Morgan fingerprint density at radius 1 is 1.50 bits per heavy atom. The van der Waals surface area contributed by atoms with Gasteiger partial charge in [0.2, 0.25) is 0 Å². The highest BCUT2D eigenvalue weighted by Gasteiger charge is 2.36. The Balaban J connectivity index is 1.87. The van der Waals surface area contributed by atoms with Crippen LogP contribution in [0.5, 0.6) is 0 Å². The maximum atomic E-state index is 5.79. The second-order valence-electron chi connectivity index (χ2n) is 6.61. The summed E-state index contributed by atoms with van der Waals surface area (Å²) in [6.45, 7) is 9.43. The van der Waals surface area contributed by atoms with E-state index in [2.05, 4.69) is 35.1 Å². The average molecular weight is 278 g/mol. The molecule has 1 aliphatic carbocycles. The molecular weight excluding hydrogens is 248 g/mol. The van der Waals surface area contributed by atoms with E-state index in [0.29, 0.717) is 11.3 Å². The summed E-state index contributed by atoms with van der Waals surface area (Å²) in [6.07, 6.45) is 6.12. The third kappa shape index (κ3) is 3.83. The van der Waals surface area contributed by atoms with Crippen molar-refractivity contribution in [2.45, 2.75) is 33.1 Å². The molecule has 0 amide bonds. The van der Waals surface area contributed by atoms with Gasteiger partial charge < -0.3 is 16.0 Å². The van der Waals surface area contributed by atoms with Gasteiger partial charge in [0.15, 0.2) is 0 Å². The van der Waals surface area contributed by atoms with E-state index in [1.165, 1.54) is 24.8 Å². The van der Waals surface area contributed by atoms with Gasteiger partial charge in [0.05, 0.1) is 0 Å². The minimum atomic E-state index is 0.556. The monoisotopic (exact) mass is 278 g/mol. The van der Waals surface area contributed by atoms with Crippen molar-refractivity contribution in [3.63, 3.8) is 0 Å². The van der Waals surface area contributed by atoms with Crippen molar-refractivity contribution in [1.29, 1.82) is 0 Å².